The SMILES string of the molecule is CC(C)Oc1ccc(CN2CCCCC2CN)cc1.Cl. The lowest BCUT2D eigenvalue weighted by Gasteiger charge is -2.35. The second-order valence-corrected chi connectivity index (χ2v) is 5.67. The summed E-state index contributed by atoms with van der Waals surface area (Å²) in [6.45, 7) is 7.05. The van der Waals surface area contributed by atoms with Crippen molar-refractivity contribution in [3.05, 3.63) is 29.8 Å². The van der Waals surface area contributed by atoms with E-state index in [1.165, 1.54) is 31.4 Å². The first kappa shape index (κ1) is 17.3. The van der Waals surface area contributed by atoms with Crippen LogP contribution in [0.15, 0.2) is 24.3 Å². The van der Waals surface area contributed by atoms with E-state index >= 15 is 0 Å². The van der Waals surface area contributed by atoms with Gasteiger partial charge < -0.3 is 10.5 Å². The summed E-state index contributed by atoms with van der Waals surface area (Å²) in [5.41, 5.74) is 7.21. The molecule has 1 atom stereocenters. The van der Waals surface area contributed by atoms with Crippen LogP contribution in [-0.4, -0.2) is 30.1 Å². The first-order valence-electron chi connectivity index (χ1n) is 7.38. The molecule has 0 spiro atoms. The van der Waals surface area contributed by atoms with Crippen molar-refractivity contribution in [1.82, 2.24) is 4.90 Å². The van der Waals surface area contributed by atoms with Crippen LogP contribution in [0.1, 0.15) is 38.7 Å². The fourth-order valence-corrected chi connectivity index (χ4v) is 2.72. The van der Waals surface area contributed by atoms with Crippen LogP contribution >= 0.6 is 12.4 Å². The fraction of sp³-hybridized carbons (Fsp3) is 0.625. The number of halogens is 1. The monoisotopic (exact) mass is 298 g/mol. The Balaban J connectivity index is 0.00000200. The summed E-state index contributed by atoms with van der Waals surface area (Å²) < 4.78 is 5.67. The molecule has 114 valence electrons. The maximum absolute atomic E-state index is 5.86. The lowest BCUT2D eigenvalue weighted by Crippen LogP contribution is -2.43. The Labute approximate surface area is 128 Å². The Hall–Kier alpha value is -0.770. The first-order valence-corrected chi connectivity index (χ1v) is 7.38. The van der Waals surface area contributed by atoms with E-state index in [0.717, 1.165) is 18.8 Å². The first-order chi connectivity index (χ1) is 9.19. The molecule has 1 fully saturated rings. The maximum Gasteiger partial charge on any atom is 0.119 e. The van der Waals surface area contributed by atoms with Gasteiger partial charge in [-0.15, -0.1) is 12.4 Å². The molecule has 1 saturated heterocycles. The molecule has 1 aromatic rings. The van der Waals surface area contributed by atoms with Gasteiger partial charge in [-0.1, -0.05) is 18.6 Å². The maximum atomic E-state index is 5.86. The molecule has 1 unspecified atom stereocenters. The fourth-order valence-electron chi connectivity index (χ4n) is 2.72. The largest absolute Gasteiger partial charge is 0.491 e. The number of nitrogens with zero attached hydrogens (tertiary/aromatic N) is 1. The smallest absolute Gasteiger partial charge is 0.119 e. The van der Waals surface area contributed by atoms with Crippen LogP contribution < -0.4 is 10.5 Å². The zero-order chi connectivity index (χ0) is 13.7. The zero-order valence-corrected chi connectivity index (χ0v) is 13.4. The number of hydrogen-bond acceptors (Lipinski definition) is 3. The third kappa shape index (κ3) is 4.97. The minimum atomic E-state index is 0. The van der Waals surface area contributed by atoms with E-state index in [1.807, 2.05) is 13.8 Å². The summed E-state index contributed by atoms with van der Waals surface area (Å²) in [4.78, 5) is 2.52. The number of nitrogens with two attached hydrogens (primary N) is 1. The predicted octanol–water partition coefficient (Wildman–Crippen LogP) is 3.21. The zero-order valence-electron chi connectivity index (χ0n) is 12.5. The Morgan fingerprint density at radius 2 is 1.95 bits per heavy atom. The van der Waals surface area contributed by atoms with Crippen LogP contribution in [0.3, 0.4) is 0 Å². The van der Waals surface area contributed by atoms with Crippen molar-refractivity contribution in [2.45, 2.75) is 51.8 Å². The molecule has 1 heterocycles. The van der Waals surface area contributed by atoms with E-state index in [0.29, 0.717) is 6.04 Å². The van der Waals surface area contributed by atoms with Gasteiger partial charge in [-0.05, 0) is 50.9 Å². The summed E-state index contributed by atoms with van der Waals surface area (Å²) in [5.74, 6) is 0.952. The molecule has 2 N–H and O–H groups in total. The summed E-state index contributed by atoms with van der Waals surface area (Å²) >= 11 is 0. The van der Waals surface area contributed by atoms with Gasteiger partial charge in [0.15, 0.2) is 0 Å². The number of rotatable bonds is 5. The van der Waals surface area contributed by atoms with Crippen molar-refractivity contribution >= 4 is 12.4 Å². The Morgan fingerprint density at radius 3 is 2.55 bits per heavy atom. The van der Waals surface area contributed by atoms with Crippen molar-refractivity contribution in [2.24, 2.45) is 5.73 Å². The normalized spacial score (nSPS) is 19.7. The number of piperidine rings is 1. The molecule has 1 aliphatic rings. The third-order valence-corrected chi connectivity index (χ3v) is 3.70. The molecule has 20 heavy (non-hydrogen) atoms. The predicted molar refractivity (Wildman–Crippen MR) is 86.6 cm³/mol. The summed E-state index contributed by atoms with van der Waals surface area (Å²) in [7, 11) is 0. The topological polar surface area (TPSA) is 38.5 Å². The second-order valence-electron chi connectivity index (χ2n) is 5.67. The molecule has 0 aromatic heterocycles. The molecular weight excluding hydrogens is 272 g/mol. The molecule has 0 aliphatic carbocycles. The van der Waals surface area contributed by atoms with Crippen LogP contribution in [0.2, 0.25) is 0 Å². The average Bonchev–Trinajstić information content (AvgIpc) is 2.41. The van der Waals surface area contributed by atoms with E-state index < -0.39 is 0 Å². The van der Waals surface area contributed by atoms with Crippen molar-refractivity contribution in [2.75, 3.05) is 13.1 Å². The third-order valence-electron chi connectivity index (χ3n) is 3.70. The molecule has 4 heteroatoms. The Kier molecular flexibility index (Phi) is 7.35. The van der Waals surface area contributed by atoms with Gasteiger partial charge in [0.2, 0.25) is 0 Å². The quantitative estimate of drug-likeness (QED) is 0.907. The van der Waals surface area contributed by atoms with Crippen molar-refractivity contribution < 1.29 is 4.74 Å². The van der Waals surface area contributed by atoms with Gasteiger partial charge in [-0.3, -0.25) is 4.90 Å². The van der Waals surface area contributed by atoms with E-state index in [1.54, 1.807) is 0 Å². The molecule has 0 saturated carbocycles. The van der Waals surface area contributed by atoms with Crippen LogP contribution in [0.25, 0.3) is 0 Å². The number of likely N-dealkylation sites (tertiary alicyclic amines) is 1. The van der Waals surface area contributed by atoms with Gasteiger partial charge in [-0.2, -0.15) is 0 Å². The molecular formula is C16H27ClN2O. The van der Waals surface area contributed by atoms with Crippen LogP contribution in [0, 0.1) is 0 Å². The minimum Gasteiger partial charge on any atom is -0.491 e. The summed E-state index contributed by atoms with van der Waals surface area (Å²) in [6, 6.07) is 9.02. The van der Waals surface area contributed by atoms with Crippen LogP contribution in [-0.2, 0) is 6.54 Å². The molecule has 1 aliphatic heterocycles. The van der Waals surface area contributed by atoms with Gasteiger partial charge >= 0.3 is 0 Å². The summed E-state index contributed by atoms with van der Waals surface area (Å²) in [5, 5.41) is 0. The molecule has 0 bridgehead atoms. The van der Waals surface area contributed by atoms with Crippen LogP contribution in [0.4, 0.5) is 0 Å². The molecule has 2 rings (SSSR count). The van der Waals surface area contributed by atoms with E-state index in [9.17, 15) is 0 Å². The van der Waals surface area contributed by atoms with Gasteiger partial charge in [-0.25, -0.2) is 0 Å². The lowest BCUT2D eigenvalue weighted by atomic mass is 10.0. The number of hydrogen-bond donors (Lipinski definition) is 1. The van der Waals surface area contributed by atoms with E-state index in [2.05, 4.69) is 29.2 Å². The highest BCUT2D eigenvalue weighted by Gasteiger charge is 2.20. The second kappa shape index (κ2) is 8.50. The molecule has 1 aromatic carbocycles. The minimum absolute atomic E-state index is 0. The van der Waals surface area contributed by atoms with Gasteiger partial charge in [0, 0.05) is 19.1 Å². The molecule has 0 amide bonds. The highest BCUT2D eigenvalue weighted by atomic mass is 35.5. The van der Waals surface area contributed by atoms with E-state index in [-0.39, 0.29) is 18.5 Å². The van der Waals surface area contributed by atoms with Gasteiger partial charge in [0.05, 0.1) is 6.10 Å². The van der Waals surface area contributed by atoms with Gasteiger partial charge in [0.1, 0.15) is 5.75 Å². The Bertz CT molecular complexity index is 381. The van der Waals surface area contributed by atoms with Crippen molar-refractivity contribution in [1.29, 1.82) is 0 Å². The Morgan fingerprint density at radius 1 is 1.25 bits per heavy atom. The van der Waals surface area contributed by atoms with Crippen LogP contribution in [0.5, 0.6) is 5.75 Å². The van der Waals surface area contributed by atoms with E-state index in [4.69, 9.17) is 10.5 Å². The standard InChI is InChI=1S/C16H26N2O.ClH/c1-13(2)19-16-8-6-14(7-9-16)12-18-10-4-3-5-15(18)11-17;/h6-9,13,15H,3-5,10-12,17H2,1-2H3;1H. The summed E-state index contributed by atoms with van der Waals surface area (Å²) in [6.07, 6.45) is 4.09. The average molecular weight is 299 g/mol. The highest BCUT2D eigenvalue weighted by molar-refractivity contribution is 5.85. The van der Waals surface area contributed by atoms with Gasteiger partial charge in [0.25, 0.3) is 0 Å². The lowest BCUT2D eigenvalue weighted by molar-refractivity contribution is 0.145. The molecule has 0 radical (unpaired) electrons. The number of benzene rings is 1. The van der Waals surface area contributed by atoms with Crippen molar-refractivity contribution in [3.63, 3.8) is 0 Å². The molecule has 3 nitrogen and oxygen atoms in total. The number of ether oxygens (including phenoxy) is 1. The highest BCUT2D eigenvalue weighted by Crippen LogP contribution is 2.20. The van der Waals surface area contributed by atoms with Crippen molar-refractivity contribution in [3.8, 4) is 5.75 Å².